The molecule has 0 radical (unpaired) electrons. The molecule has 6 heteroatoms. The van der Waals surface area contributed by atoms with Gasteiger partial charge in [0.25, 0.3) is 0 Å². The van der Waals surface area contributed by atoms with E-state index in [1.165, 1.54) is 11.2 Å². The summed E-state index contributed by atoms with van der Waals surface area (Å²) in [5, 5.41) is 7.78. The van der Waals surface area contributed by atoms with E-state index in [0.717, 1.165) is 5.56 Å². The Morgan fingerprint density at radius 3 is 2.21 bits per heavy atom. The molecule has 0 heterocycles. The van der Waals surface area contributed by atoms with Crippen molar-refractivity contribution in [3.05, 3.63) is 29.8 Å². The Bertz CT molecular complexity index is 559. The van der Waals surface area contributed by atoms with E-state index in [0.29, 0.717) is 5.69 Å². The van der Waals surface area contributed by atoms with Crippen LogP contribution in [0.15, 0.2) is 24.3 Å². The standard InChI is InChI=1S/C13H19N3O2S/c1-10(2)16(19(17,18)11(3)8-14)9-12-4-6-13(15)7-5-12/h4-7,10-11H,9,15H2,1-3H3. The quantitative estimate of drug-likeness (QED) is 0.832. The molecule has 1 unspecified atom stereocenters. The maximum absolute atomic E-state index is 12.3. The molecular weight excluding hydrogens is 262 g/mol. The number of rotatable bonds is 5. The van der Waals surface area contributed by atoms with Crippen molar-refractivity contribution >= 4 is 15.7 Å². The first-order chi connectivity index (χ1) is 8.78. The molecule has 104 valence electrons. The van der Waals surface area contributed by atoms with Gasteiger partial charge in [-0.2, -0.15) is 9.57 Å². The van der Waals surface area contributed by atoms with E-state index in [9.17, 15) is 8.42 Å². The minimum absolute atomic E-state index is 0.210. The van der Waals surface area contributed by atoms with Gasteiger partial charge in [0.1, 0.15) is 0 Å². The van der Waals surface area contributed by atoms with Gasteiger partial charge in [0.05, 0.1) is 6.07 Å². The van der Waals surface area contributed by atoms with Crippen molar-refractivity contribution in [2.75, 3.05) is 5.73 Å². The van der Waals surface area contributed by atoms with Crippen molar-refractivity contribution in [3.63, 3.8) is 0 Å². The van der Waals surface area contributed by atoms with Crippen LogP contribution in [-0.4, -0.2) is 24.0 Å². The van der Waals surface area contributed by atoms with Crippen LogP contribution in [0.25, 0.3) is 0 Å². The molecule has 0 aliphatic carbocycles. The van der Waals surface area contributed by atoms with Crippen molar-refractivity contribution in [2.45, 2.75) is 38.6 Å². The average Bonchev–Trinajstić information content (AvgIpc) is 2.36. The van der Waals surface area contributed by atoms with Crippen LogP contribution in [0.5, 0.6) is 0 Å². The van der Waals surface area contributed by atoms with E-state index < -0.39 is 15.3 Å². The van der Waals surface area contributed by atoms with Gasteiger partial charge in [-0.25, -0.2) is 8.42 Å². The molecule has 1 aromatic rings. The lowest BCUT2D eigenvalue weighted by atomic mass is 10.2. The van der Waals surface area contributed by atoms with Crippen LogP contribution in [0, 0.1) is 11.3 Å². The zero-order valence-corrected chi connectivity index (χ0v) is 12.2. The Morgan fingerprint density at radius 1 is 1.26 bits per heavy atom. The highest BCUT2D eigenvalue weighted by molar-refractivity contribution is 7.89. The molecule has 0 aliphatic rings. The molecule has 5 nitrogen and oxygen atoms in total. The summed E-state index contributed by atoms with van der Waals surface area (Å²) in [5.41, 5.74) is 7.07. The summed E-state index contributed by atoms with van der Waals surface area (Å²) in [7, 11) is -3.62. The highest BCUT2D eigenvalue weighted by Crippen LogP contribution is 2.17. The Balaban J connectivity index is 3.04. The molecule has 0 amide bonds. The van der Waals surface area contributed by atoms with Gasteiger partial charge >= 0.3 is 0 Å². The van der Waals surface area contributed by atoms with Crippen molar-refractivity contribution in [1.82, 2.24) is 4.31 Å². The first kappa shape index (κ1) is 15.5. The fourth-order valence-corrected chi connectivity index (χ4v) is 3.10. The van der Waals surface area contributed by atoms with E-state index in [1.807, 2.05) is 0 Å². The Kier molecular flexibility index (Phi) is 4.92. The summed E-state index contributed by atoms with van der Waals surface area (Å²) in [6.45, 7) is 5.22. The van der Waals surface area contributed by atoms with E-state index >= 15 is 0 Å². The third-order valence-corrected chi connectivity index (χ3v) is 5.05. The largest absolute Gasteiger partial charge is 0.399 e. The molecule has 1 rings (SSSR count). The summed E-state index contributed by atoms with van der Waals surface area (Å²) in [4.78, 5) is 0. The van der Waals surface area contributed by atoms with E-state index in [4.69, 9.17) is 11.0 Å². The Labute approximate surface area is 114 Å². The van der Waals surface area contributed by atoms with Crippen LogP contribution in [0.1, 0.15) is 26.3 Å². The molecule has 0 bridgehead atoms. The molecule has 1 aromatic carbocycles. The van der Waals surface area contributed by atoms with Crippen molar-refractivity contribution in [3.8, 4) is 6.07 Å². The van der Waals surface area contributed by atoms with Gasteiger partial charge in [0, 0.05) is 18.3 Å². The molecule has 1 atom stereocenters. The van der Waals surface area contributed by atoms with Crippen LogP contribution in [-0.2, 0) is 16.6 Å². The Morgan fingerprint density at radius 2 is 1.79 bits per heavy atom. The van der Waals surface area contributed by atoms with E-state index in [2.05, 4.69) is 0 Å². The summed E-state index contributed by atoms with van der Waals surface area (Å²) < 4.78 is 25.8. The number of sulfonamides is 1. The summed E-state index contributed by atoms with van der Waals surface area (Å²) >= 11 is 0. The van der Waals surface area contributed by atoms with Gasteiger partial charge in [-0.15, -0.1) is 0 Å². The van der Waals surface area contributed by atoms with Crippen molar-refractivity contribution < 1.29 is 8.42 Å². The predicted molar refractivity (Wildman–Crippen MR) is 75.5 cm³/mol. The first-order valence-corrected chi connectivity index (χ1v) is 7.54. The molecule has 0 aromatic heterocycles. The number of nitrogens with zero attached hydrogens (tertiary/aromatic N) is 2. The second-order valence-electron chi connectivity index (χ2n) is 4.70. The van der Waals surface area contributed by atoms with Gasteiger partial charge in [-0.05, 0) is 38.5 Å². The number of anilines is 1. The number of nitrogen functional groups attached to an aromatic ring is 1. The summed E-state index contributed by atoms with van der Waals surface area (Å²) in [5.74, 6) is 0. The number of hydrogen-bond acceptors (Lipinski definition) is 4. The van der Waals surface area contributed by atoms with Crippen LogP contribution >= 0.6 is 0 Å². The second-order valence-corrected chi connectivity index (χ2v) is 6.90. The third kappa shape index (κ3) is 3.69. The lowest BCUT2D eigenvalue weighted by Crippen LogP contribution is -2.41. The van der Waals surface area contributed by atoms with Gasteiger partial charge < -0.3 is 5.73 Å². The van der Waals surface area contributed by atoms with Gasteiger partial charge in [0.2, 0.25) is 10.0 Å². The maximum Gasteiger partial charge on any atom is 0.230 e. The SMILES string of the molecule is CC(C)N(Cc1ccc(N)cc1)S(=O)(=O)C(C)C#N. The predicted octanol–water partition coefficient (Wildman–Crippen LogP) is 1.72. The highest BCUT2D eigenvalue weighted by Gasteiger charge is 2.30. The smallest absolute Gasteiger partial charge is 0.230 e. The molecular formula is C13H19N3O2S. The molecule has 0 spiro atoms. The number of nitrogens with two attached hydrogens (primary N) is 1. The van der Waals surface area contributed by atoms with Crippen LogP contribution < -0.4 is 5.73 Å². The van der Waals surface area contributed by atoms with E-state index in [1.54, 1.807) is 44.2 Å². The number of hydrogen-bond donors (Lipinski definition) is 1. The van der Waals surface area contributed by atoms with Crippen LogP contribution in [0.4, 0.5) is 5.69 Å². The Hall–Kier alpha value is -1.58. The molecule has 2 N–H and O–H groups in total. The average molecular weight is 281 g/mol. The van der Waals surface area contributed by atoms with Crippen molar-refractivity contribution in [1.29, 1.82) is 5.26 Å². The van der Waals surface area contributed by atoms with Gasteiger partial charge in [0.15, 0.2) is 5.25 Å². The maximum atomic E-state index is 12.3. The zero-order chi connectivity index (χ0) is 14.6. The lowest BCUT2D eigenvalue weighted by molar-refractivity contribution is 0.346. The molecule has 19 heavy (non-hydrogen) atoms. The van der Waals surface area contributed by atoms with E-state index in [-0.39, 0.29) is 12.6 Å². The molecule has 0 fully saturated rings. The second kappa shape index (κ2) is 6.04. The number of benzene rings is 1. The fraction of sp³-hybridized carbons (Fsp3) is 0.462. The first-order valence-electron chi connectivity index (χ1n) is 6.03. The minimum atomic E-state index is -3.62. The molecule has 0 aliphatic heterocycles. The van der Waals surface area contributed by atoms with Gasteiger partial charge in [-0.1, -0.05) is 12.1 Å². The molecule has 0 saturated heterocycles. The monoisotopic (exact) mass is 281 g/mol. The normalized spacial score (nSPS) is 13.5. The lowest BCUT2D eigenvalue weighted by Gasteiger charge is -2.27. The summed E-state index contributed by atoms with van der Waals surface area (Å²) in [6.07, 6.45) is 0. The zero-order valence-electron chi connectivity index (χ0n) is 11.4. The van der Waals surface area contributed by atoms with Crippen LogP contribution in [0.3, 0.4) is 0 Å². The van der Waals surface area contributed by atoms with Crippen LogP contribution in [0.2, 0.25) is 0 Å². The fourth-order valence-electron chi connectivity index (χ4n) is 1.64. The minimum Gasteiger partial charge on any atom is -0.399 e. The molecule has 0 saturated carbocycles. The van der Waals surface area contributed by atoms with Crippen molar-refractivity contribution in [2.24, 2.45) is 0 Å². The highest BCUT2D eigenvalue weighted by atomic mass is 32.2. The number of nitriles is 1. The van der Waals surface area contributed by atoms with Gasteiger partial charge in [-0.3, -0.25) is 0 Å². The third-order valence-electron chi connectivity index (χ3n) is 2.85. The summed E-state index contributed by atoms with van der Waals surface area (Å²) in [6, 6.07) is 8.61. The topological polar surface area (TPSA) is 87.2 Å².